The molecular formula is C16H22N2O3. The summed E-state index contributed by atoms with van der Waals surface area (Å²) in [4.78, 5) is 11.8. The number of carbonyl (C=O) groups excluding carboxylic acids is 1. The zero-order valence-electron chi connectivity index (χ0n) is 12.6. The zero-order chi connectivity index (χ0) is 15.2. The Morgan fingerprint density at radius 3 is 2.81 bits per heavy atom. The van der Waals surface area contributed by atoms with Gasteiger partial charge in [-0.05, 0) is 49.4 Å². The van der Waals surface area contributed by atoms with E-state index in [1.807, 2.05) is 12.1 Å². The van der Waals surface area contributed by atoms with Crippen molar-refractivity contribution >= 4 is 11.6 Å². The zero-order valence-corrected chi connectivity index (χ0v) is 12.6. The summed E-state index contributed by atoms with van der Waals surface area (Å²) in [5.74, 6) is 0.578. The van der Waals surface area contributed by atoms with E-state index < -0.39 is 0 Å². The molecule has 21 heavy (non-hydrogen) atoms. The molecule has 2 rings (SSSR count). The Bertz CT molecular complexity index is 536. The predicted octanol–water partition coefficient (Wildman–Crippen LogP) is 2.49. The highest BCUT2D eigenvalue weighted by Crippen LogP contribution is 2.26. The molecule has 1 aromatic carbocycles. The largest absolute Gasteiger partial charge is 0.484 e. The summed E-state index contributed by atoms with van der Waals surface area (Å²) in [6.07, 6.45) is 3.42. The van der Waals surface area contributed by atoms with Gasteiger partial charge in [-0.1, -0.05) is 19.0 Å². The number of hydrogen-bond acceptors (Lipinski definition) is 4. The standard InChI is InChI=1S/C16H22N2O3/c1-3-12(4-2)17-16(19)10-21-13-6-7-14-11(9-13)5-8-15(14)18-20/h6-7,9,12,20H,3-5,8,10H2,1-2H3,(H,17,19)/b18-15+. The molecule has 0 aliphatic heterocycles. The minimum absolute atomic E-state index is 0.0240. The lowest BCUT2D eigenvalue weighted by molar-refractivity contribution is -0.123. The van der Waals surface area contributed by atoms with Gasteiger partial charge in [0.25, 0.3) is 5.91 Å². The number of oxime groups is 1. The summed E-state index contributed by atoms with van der Waals surface area (Å²) in [7, 11) is 0. The predicted molar refractivity (Wildman–Crippen MR) is 81.1 cm³/mol. The highest BCUT2D eigenvalue weighted by molar-refractivity contribution is 6.04. The second-order valence-electron chi connectivity index (χ2n) is 5.24. The minimum Gasteiger partial charge on any atom is -0.484 e. The third kappa shape index (κ3) is 3.74. The number of nitrogens with one attached hydrogen (secondary N) is 1. The molecule has 2 N–H and O–H groups in total. The first kappa shape index (κ1) is 15.4. The maximum atomic E-state index is 11.8. The Balaban J connectivity index is 1.91. The lowest BCUT2D eigenvalue weighted by atomic mass is 10.1. The van der Waals surface area contributed by atoms with E-state index in [0.29, 0.717) is 11.5 Å². The fraction of sp³-hybridized carbons (Fsp3) is 0.500. The average Bonchev–Trinajstić information content (AvgIpc) is 2.92. The number of fused-ring (bicyclic) bond motifs is 1. The van der Waals surface area contributed by atoms with Crippen molar-refractivity contribution in [3.8, 4) is 5.75 Å². The maximum Gasteiger partial charge on any atom is 0.258 e. The molecule has 1 amide bonds. The molecular weight excluding hydrogens is 268 g/mol. The molecule has 0 unspecified atom stereocenters. The summed E-state index contributed by atoms with van der Waals surface area (Å²) in [5, 5.41) is 15.1. The Hall–Kier alpha value is -2.04. The monoisotopic (exact) mass is 290 g/mol. The van der Waals surface area contributed by atoms with Gasteiger partial charge in [0, 0.05) is 11.6 Å². The number of amides is 1. The van der Waals surface area contributed by atoms with Gasteiger partial charge in [0.2, 0.25) is 0 Å². The van der Waals surface area contributed by atoms with Gasteiger partial charge >= 0.3 is 0 Å². The molecule has 1 aromatic rings. The Kier molecular flexibility index (Phi) is 5.20. The third-order valence-electron chi connectivity index (χ3n) is 3.86. The fourth-order valence-corrected chi connectivity index (χ4v) is 2.55. The van der Waals surface area contributed by atoms with Gasteiger partial charge < -0.3 is 15.3 Å². The van der Waals surface area contributed by atoms with Crippen LogP contribution in [0.15, 0.2) is 23.4 Å². The van der Waals surface area contributed by atoms with E-state index >= 15 is 0 Å². The van der Waals surface area contributed by atoms with Crippen molar-refractivity contribution in [2.75, 3.05) is 6.61 Å². The SMILES string of the molecule is CCC(CC)NC(=O)COc1ccc2c(c1)CC/C2=N\O. The number of hydrogen-bond donors (Lipinski definition) is 2. The van der Waals surface area contributed by atoms with Crippen molar-refractivity contribution in [2.45, 2.75) is 45.6 Å². The molecule has 5 heteroatoms. The topological polar surface area (TPSA) is 70.9 Å². The summed E-state index contributed by atoms with van der Waals surface area (Å²) < 4.78 is 5.54. The minimum atomic E-state index is -0.0955. The molecule has 0 heterocycles. The molecule has 5 nitrogen and oxygen atoms in total. The fourth-order valence-electron chi connectivity index (χ4n) is 2.55. The van der Waals surface area contributed by atoms with E-state index in [9.17, 15) is 4.79 Å². The van der Waals surface area contributed by atoms with Gasteiger partial charge in [-0.25, -0.2) is 0 Å². The number of ether oxygens (including phenoxy) is 1. The van der Waals surface area contributed by atoms with Gasteiger partial charge in [0.15, 0.2) is 6.61 Å². The summed E-state index contributed by atoms with van der Waals surface area (Å²) in [5.41, 5.74) is 2.77. The second kappa shape index (κ2) is 7.11. The van der Waals surface area contributed by atoms with Crippen LogP contribution in [0, 0.1) is 0 Å². The van der Waals surface area contributed by atoms with E-state index in [0.717, 1.165) is 36.8 Å². The smallest absolute Gasteiger partial charge is 0.258 e. The third-order valence-corrected chi connectivity index (χ3v) is 3.86. The van der Waals surface area contributed by atoms with Crippen LogP contribution in [0.1, 0.15) is 44.2 Å². The van der Waals surface area contributed by atoms with Crippen LogP contribution >= 0.6 is 0 Å². The number of nitrogens with zero attached hydrogens (tertiary/aromatic N) is 1. The molecule has 0 saturated heterocycles. The molecule has 1 aliphatic rings. The molecule has 0 aromatic heterocycles. The van der Waals surface area contributed by atoms with Crippen molar-refractivity contribution in [3.05, 3.63) is 29.3 Å². The van der Waals surface area contributed by atoms with E-state index in [4.69, 9.17) is 9.94 Å². The van der Waals surface area contributed by atoms with Gasteiger partial charge in [-0.3, -0.25) is 4.79 Å². The first-order valence-electron chi connectivity index (χ1n) is 7.44. The van der Waals surface area contributed by atoms with Crippen LogP contribution in [0.3, 0.4) is 0 Å². The molecule has 0 radical (unpaired) electrons. The molecule has 0 saturated carbocycles. The number of aryl methyl sites for hydroxylation is 1. The first-order valence-corrected chi connectivity index (χ1v) is 7.44. The van der Waals surface area contributed by atoms with Crippen LogP contribution in [0.25, 0.3) is 0 Å². The van der Waals surface area contributed by atoms with Crippen molar-refractivity contribution in [3.63, 3.8) is 0 Å². The van der Waals surface area contributed by atoms with Gasteiger partial charge in [-0.15, -0.1) is 0 Å². The summed E-state index contributed by atoms with van der Waals surface area (Å²) in [6, 6.07) is 5.81. The highest BCUT2D eigenvalue weighted by Gasteiger charge is 2.19. The van der Waals surface area contributed by atoms with Crippen LogP contribution in [0.5, 0.6) is 5.75 Å². The lowest BCUT2D eigenvalue weighted by Crippen LogP contribution is -2.37. The first-order chi connectivity index (χ1) is 10.2. The summed E-state index contributed by atoms with van der Waals surface area (Å²) in [6.45, 7) is 4.13. The van der Waals surface area contributed by atoms with Crippen LogP contribution in [0.2, 0.25) is 0 Å². The van der Waals surface area contributed by atoms with Crippen molar-refractivity contribution in [1.29, 1.82) is 0 Å². The van der Waals surface area contributed by atoms with Gasteiger partial charge in [-0.2, -0.15) is 0 Å². The van der Waals surface area contributed by atoms with Gasteiger partial charge in [0.1, 0.15) is 5.75 Å². The Morgan fingerprint density at radius 2 is 2.14 bits per heavy atom. The van der Waals surface area contributed by atoms with E-state index in [-0.39, 0.29) is 18.6 Å². The quantitative estimate of drug-likeness (QED) is 0.624. The molecule has 0 spiro atoms. The van der Waals surface area contributed by atoms with E-state index in [2.05, 4.69) is 24.3 Å². The number of rotatable bonds is 6. The Morgan fingerprint density at radius 1 is 1.38 bits per heavy atom. The summed E-state index contributed by atoms with van der Waals surface area (Å²) >= 11 is 0. The molecule has 1 aliphatic carbocycles. The lowest BCUT2D eigenvalue weighted by Gasteiger charge is -2.15. The Labute approximate surface area is 125 Å². The van der Waals surface area contributed by atoms with Crippen LogP contribution in [0.4, 0.5) is 0 Å². The normalized spacial score (nSPS) is 15.3. The second-order valence-corrected chi connectivity index (χ2v) is 5.24. The van der Waals surface area contributed by atoms with Crippen molar-refractivity contribution < 1.29 is 14.7 Å². The number of benzene rings is 1. The van der Waals surface area contributed by atoms with Gasteiger partial charge in [0.05, 0.1) is 5.71 Å². The highest BCUT2D eigenvalue weighted by atomic mass is 16.5. The average molecular weight is 290 g/mol. The van der Waals surface area contributed by atoms with Crippen LogP contribution in [-0.2, 0) is 11.2 Å². The van der Waals surface area contributed by atoms with Crippen LogP contribution < -0.4 is 10.1 Å². The van der Waals surface area contributed by atoms with E-state index in [1.54, 1.807) is 6.07 Å². The van der Waals surface area contributed by atoms with Crippen molar-refractivity contribution in [2.24, 2.45) is 5.16 Å². The van der Waals surface area contributed by atoms with E-state index in [1.165, 1.54) is 0 Å². The maximum absolute atomic E-state index is 11.8. The van der Waals surface area contributed by atoms with Crippen molar-refractivity contribution in [1.82, 2.24) is 5.32 Å². The molecule has 0 fully saturated rings. The molecule has 0 atom stereocenters. The molecule has 0 bridgehead atoms. The number of carbonyl (C=O) groups is 1. The molecule has 114 valence electrons. The van der Waals surface area contributed by atoms with Crippen LogP contribution in [-0.4, -0.2) is 29.5 Å².